The first-order chi connectivity index (χ1) is 9.78. The summed E-state index contributed by atoms with van der Waals surface area (Å²) in [5, 5.41) is 7.61. The molecule has 0 spiro atoms. The van der Waals surface area contributed by atoms with Gasteiger partial charge in [0.15, 0.2) is 18.1 Å². The van der Waals surface area contributed by atoms with E-state index in [2.05, 4.69) is 15.0 Å². The second kappa shape index (κ2) is 5.55. The largest absolute Gasteiger partial charge is 0.484 e. The van der Waals surface area contributed by atoms with E-state index in [1.165, 1.54) is 35.9 Å². The van der Waals surface area contributed by atoms with Crippen LogP contribution in [-0.2, 0) is 0 Å². The highest BCUT2D eigenvalue weighted by Crippen LogP contribution is 2.20. The van der Waals surface area contributed by atoms with E-state index < -0.39 is 12.8 Å². The summed E-state index contributed by atoms with van der Waals surface area (Å²) < 4.78 is 42.2. The van der Waals surface area contributed by atoms with Crippen LogP contribution in [-0.4, -0.2) is 33.6 Å². The zero-order valence-corrected chi connectivity index (χ0v) is 11.3. The van der Waals surface area contributed by atoms with Gasteiger partial charge < -0.3 is 4.74 Å². The number of hydrogen-bond donors (Lipinski definition) is 0. The van der Waals surface area contributed by atoms with Gasteiger partial charge in [-0.15, -0.1) is 5.10 Å². The number of carbonyl (C=O) groups excluding carboxylic acids is 1. The lowest BCUT2D eigenvalue weighted by Gasteiger charge is -2.09. The zero-order valence-electron chi connectivity index (χ0n) is 11.3. The fourth-order valence-corrected chi connectivity index (χ4v) is 1.75. The van der Waals surface area contributed by atoms with Gasteiger partial charge in [0.1, 0.15) is 5.75 Å². The summed E-state index contributed by atoms with van der Waals surface area (Å²) in [6, 6.07) is 5.87. The summed E-state index contributed by atoms with van der Waals surface area (Å²) in [6.07, 6.45) is -4.38. The molecule has 112 valence electrons. The predicted molar refractivity (Wildman–Crippen MR) is 67.7 cm³/mol. The summed E-state index contributed by atoms with van der Waals surface area (Å²) in [6.45, 7) is 1.73. The van der Waals surface area contributed by atoms with E-state index in [4.69, 9.17) is 0 Å². The Morgan fingerprint density at radius 3 is 2.38 bits per heavy atom. The maximum absolute atomic E-state index is 12.0. The molecule has 0 unspecified atom stereocenters. The number of nitrogens with zero attached hydrogens (tertiary/aromatic N) is 3. The highest BCUT2D eigenvalue weighted by atomic mass is 19.4. The van der Waals surface area contributed by atoms with Crippen LogP contribution in [0.5, 0.6) is 5.75 Å². The Balaban J connectivity index is 2.18. The Bertz CT molecular complexity index is 648. The van der Waals surface area contributed by atoms with Crippen LogP contribution >= 0.6 is 0 Å². The molecule has 1 aromatic heterocycles. The number of Topliss-reactive ketones (excluding diaryl/α,β-unsaturated/α-hetero) is 1. The van der Waals surface area contributed by atoms with Crippen molar-refractivity contribution in [2.75, 3.05) is 6.61 Å². The Hall–Kier alpha value is -2.38. The maximum atomic E-state index is 12.0. The Labute approximate surface area is 118 Å². The van der Waals surface area contributed by atoms with E-state index in [0.717, 1.165) is 0 Å². The number of halogens is 3. The fraction of sp³-hybridized carbons (Fsp3) is 0.308. The van der Waals surface area contributed by atoms with Crippen LogP contribution < -0.4 is 4.74 Å². The molecule has 21 heavy (non-hydrogen) atoms. The molecule has 0 saturated carbocycles. The van der Waals surface area contributed by atoms with Gasteiger partial charge in [0.25, 0.3) is 0 Å². The van der Waals surface area contributed by atoms with Crippen molar-refractivity contribution in [2.24, 2.45) is 0 Å². The Kier molecular flexibility index (Phi) is 3.97. The summed E-state index contributed by atoms with van der Waals surface area (Å²) in [5.74, 6) is -0.107. The normalized spacial score (nSPS) is 11.5. The van der Waals surface area contributed by atoms with Crippen LogP contribution in [0.1, 0.15) is 23.1 Å². The minimum Gasteiger partial charge on any atom is -0.484 e. The highest BCUT2D eigenvalue weighted by molar-refractivity contribution is 5.93. The molecule has 0 saturated heterocycles. The number of benzene rings is 1. The zero-order chi connectivity index (χ0) is 15.6. The van der Waals surface area contributed by atoms with Crippen molar-refractivity contribution < 1.29 is 22.7 Å². The molecular formula is C13H12F3N3O2. The second-order valence-electron chi connectivity index (χ2n) is 4.39. The van der Waals surface area contributed by atoms with E-state index in [9.17, 15) is 18.0 Å². The summed E-state index contributed by atoms with van der Waals surface area (Å²) in [7, 11) is 0. The standard InChI is InChI=1S/C13H12F3N3O2/c1-8-12(9(2)20)17-18-19(8)10-3-5-11(6-4-10)21-7-13(14,15)16/h3-6H,7H2,1-2H3. The molecular weight excluding hydrogens is 287 g/mol. The van der Waals surface area contributed by atoms with Crippen molar-refractivity contribution in [2.45, 2.75) is 20.0 Å². The molecule has 1 aromatic carbocycles. The van der Waals surface area contributed by atoms with Gasteiger partial charge in [-0.25, -0.2) is 4.68 Å². The van der Waals surface area contributed by atoms with Gasteiger partial charge in [0.05, 0.1) is 11.4 Å². The minimum absolute atomic E-state index is 0.0978. The topological polar surface area (TPSA) is 57.0 Å². The second-order valence-corrected chi connectivity index (χ2v) is 4.39. The Morgan fingerprint density at radius 2 is 1.90 bits per heavy atom. The summed E-state index contributed by atoms with van der Waals surface area (Å²) >= 11 is 0. The fourth-order valence-electron chi connectivity index (χ4n) is 1.75. The number of alkyl halides is 3. The van der Waals surface area contributed by atoms with Gasteiger partial charge >= 0.3 is 6.18 Å². The number of ether oxygens (including phenoxy) is 1. The van der Waals surface area contributed by atoms with Crippen molar-refractivity contribution in [3.8, 4) is 11.4 Å². The maximum Gasteiger partial charge on any atom is 0.422 e. The van der Waals surface area contributed by atoms with Crippen molar-refractivity contribution in [1.29, 1.82) is 0 Å². The third-order valence-corrected chi connectivity index (χ3v) is 2.71. The Morgan fingerprint density at radius 1 is 1.29 bits per heavy atom. The van der Waals surface area contributed by atoms with Gasteiger partial charge in [-0.2, -0.15) is 13.2 Å². The highest BCUT2D eigenvalue weighted by Gasteiger charge is 2.28. The minimum atomic E-state index is -4.38. The quantitative estimate of drug-likeness (QED) is 0.815. The molecule has 0 amide bonds. The smallest absolute Gasteiger partial charge is 0.422 e. The van der Waals surface area contributed by atoms with Gasteiger partial charge in [0.2, 0.25) is 0 Å². The molecule has 8 heteroatoms. The molecule has 0 atom stereocenters. The number of aromatic nitrogens is 3. The van der Waals surface area contributed by atoms with Crippen LogP contribution in [0.4, 0.5) is 13.2 Å². The molecule has 0 N–H and O–H groups in total. The molecule has 0 aliphatic carbocycles. The van der Waals surface area contributed by atoms with Crippen LogP contribution in [0.2, 0.25) is 0 Å². The SMILES string of the molecule is CC(=O)c1nnn(-c2ccc(OCC(F)(F)F)cc2)c1C. The van der Waals surface area contributed by atoms with Crippen molar-refractivity contribution in [3.05, 3.63) is 35.7 Å². The number of hydrogen-bond acceptors (Lipinski definition) is 4. The molecule has 5 nitrogen and oxygen atoms in total. The van der Waals surface area contributed by atoms with Gasteiger partial charge in [0, 0.05) is 6.92 Å². The summed E-state index contributed by atoms with van der Waals surface area (Å²) in [4.78, 5) is 11.3. The van der Waals surface area contributed by atoms with E-state index in [0.29, 0.717) is 11.4 Å². The molecule has 0 bridgehead atoms. The van der Waals surface area contributed by atoms with Gasteiger partial charge in [-0.1, -0.05) is 5.21 Å². The first kappa shape index (κ1) is 15.0. The lowest BCUT2D eigenvalue weighted by Crippen LogP contribution is -2.19. The third kappa shape index (κ3) is 3.59. The van der Waals surface area contributed by atoms with E-state index in [1.807, 2.05) is 0 Å². The van der Waals surface area contributed by atoms with E-state index in [-0.39, 0.29) is 17.2 Å². The van der Waals surface area contributed by atoms with Crippen LogP contribution in [0.25, 0.3) is 5.69 Å². The number of carbonyl (C=O) groups is 1. The summed E-state index contributed by atoms with van der Waals surface area (Å²) in [5.41, 5.74) is 1.39. The molecule has 0 aliphatic rings. The average molecular weight is 299 g/mol. The van der Waals surface area contributed by atoms with Crippen LogP contribution in [0.3, 0.4) is 0 Å². The third-order valence-electron chi connectivity index (χ3n) is 2.71. The molecule has 2 rings (SSSR count). The molecule has 2 aromatic rings. The molecule has 1 heterocycles. The monoisotopic (exact) mass is 299 g/mol. The molecule has 0 fully saturated rings. The molecule has 0 aliphatic heterocycles. The molecule has 0 radical (unpaired) electrons. The lowest BCUT2D eigenvalue weighted by molar-refractivity contribution is -0.153. The van der Waals surface area contributed by atoms with E-state index in [1.54, 1.807) is 6.92 Å². The predicted octanol–water partition coefficient (Wildman–Crippen LogP) is 2.72. The lowest BCUT2D eigenvalue weighted by atomic mass is 10.2. The van der Waals surface area contributed by atoms with E-state index >= 15 is 0 Å². The van der Waals surface area contributed by atoms with Crippen molar-refractivity contribution >= 4 is 5.78 Å². The van der Waals surface area contributed by atoms with Gasteiger partial charge in [-0.3, -0.25) is 4.79 Å². The van der Waals surface area contributed by atoms with Crippen molar-refractivity contribution in [1.82, 2.24) is 15.0 Å². The van der Waals surface area contributed by atoms with Gasteiger partial charge in [-0.05, 0) is 31.2 Å². The first-order valence-corrected chi connectivity index (χ1v) is 6.01. The van der Waals surface area contributed by atoms with Crippen molar-refractivity contribution in [3.63, 3.8) is 0 Å². The number of rotatable bonds is 4. The van der Waals surface area contributed by atoms with Crippen LogP contribution in [0.15, 0.2) is 24.3 Å². The number of ketones is 1. The average Bonchev–Trinajstić information content (AvgIpc) is 2.78. The first-order valence-electron chi connectivity index (χ1n) is 6.01. The van der Waals surface area contributed by atoms with Crippen LogP contribution in [0, 0.1) is 6.92 Å².